The normalized spacial score (nSPS) is 10.3. The topological polar surface area (TPSA) is 102 Å². The Labute approximate surface area is 154 Å². The summed E-state index contributed by atoms with van der Waals surface area (Å²) in [6, 6.07) is 12.5. The Kier molecular flexibility index (Phi) is 5.11. The van der Waals surface area contributed by atoms with Crippen LogP contribution in [0, 0.1) is 22.9 Å². The van der Waals surface area contributed by atoms with Crippen LogP contribution in [0.2, 0.25) is 0 Å². The summed E-state index contributed by atoms with van der Waals surface area (Å²) < 4.78 is 18.1. The van der Waals surface area contributed by atoms with Gasteiger partial charge in [0.2, 0.25) is 11.8 Å². The lowest BCUT2D eigenvalue weighted by Gasteiger charge is -2.11. The van der Waals surface area contributed by atoms with E-state index in [2.05, 4.69) is 20.6 Å². The standard InChI is InChI=1S/C18H16FN5O3/c1-11-16(24(25)26)17(21-13-7-9-15(27-2)10-8-13)23-18(20-11)22-14-5-3-12(19)4-6-14/h3-10H,1-2H3,(H2,20,21,22,23). The number of ether oxygens (including phenoxy) is 1. The van der Waals surface area contributed by atoms with Crippen LogP contribution in [0.5, 0.6) is 5.75 Å². The van der Waals surface area contributed by atoms with Crippen LogP contribution >= 0.6 is 0 Å². The number of nitro groups is 1. The Morgan fingerprint density at radius 3 is 2.19 bits per heavy atom. The van der Waals surface area contributed by atoms with E-state index in [9.17, 15) is 14.5 Å². The summed E-state index contributed by atoms with van der Waals surface area (Å²) >= 11 is 0. The summed E-state index contributed by atoms with van der Waals surface area (Å²) in [6.07, 6.45) is 0. The van der Waals surface area contributed by atoms with Crippen LogP contribution < -0.4 is 15.4 Å². The van der Waals surface area contributed by atoms with Crippen molar-refractivity contribution < 1.29 is 14.1 Å². The molecule has 3 aromatic rings. The third-order valence-electron chi connectivity index (χ3n) is 3.69. The highest BCUT2D eigenvalue weighted by Gasteiger charge is 2.22. The van der Waals surface area contributed by atoms with Crippen molar-refractivity contribution in [3.63, 3.8) is 0 Å². The molecule has 0 aliphatic carbocycles. The number of anilines is 4. The van der Waals surface area contributed by atoms with Gasteiger partial charge >= 0.3 is 5.69 Å². The van der Waals surface area contributed by atoms with E-state index in [1.54, 1.807) is 31.4 Å². The highest BCUT2D eigenvalue weighted by atomic mass is 19.1. The van der Waals surface area contributed by atoms with Gasteiger partial charge in [0.05, 0.1) is 12.0 Å². The number of rotatable bonds is 6. The molecule has 0 saturated carbocycles. The van der Waals surface area contributed by atoms with Crippen molar-refractivity contribution in [3.8, 4) is 5.75 Å². The first-order valence-electron chi connectivity index (χ1n) is 7.93. The van der Waals surface area contributed by atoms with Crippen molar-refractivity contribution in [2.75, 3.05) is 17.7 Å². The van der Waals surface area contributed by atoms with Gasteiger partial charge in [-0.3, -0.25) is 10.1 Å². The van der Waals surface area contributed by atoms with Crippen molar-refractivity contribution in [1.82, 2.24) is 9.97 Å². The van der Waals surface area contributed by atoms with E-state index in [1.165, 1.54) is 31.2 Å². The molecule has 0 spiro atoms. The first-order chi connectivity index (χ1) is 13.0. The zero-order valence-electron chi connectivity index (χ0n) is 14.6. The molecule has 0 radical (unpaired) electrons. The van der Waals surface area contributed by atoms with Crippen LogP contribution in [-0.4, -0.2) is 22.0 Å². The van der Waals surface area contributed by atoms with Gasteiger partial charge in [0.15, 0.2) is 0 Å². The van der Waals surface area contributed by atoms with E-state index < -0.39 is 4.92 Å². The predicted octanol–water partition coefficient (Wildman–Crippen LogP) is 4.33. The molecule has 138 valence electrons. The molecule has 3 rings (SSSR count). The maximum absolute atomic E-state index is 13.0. The SMILES string of the molecule is COc1ccc(Nc2nc(Nc3ccc(F)cc3)nc(C)c2[N+](=O)[O-])cc1. The van der Waals surface area contributed by atoms with E-state index >= 15 is 0 Å². The molecule has 0 unspecified atom stereocenters. The van der Waals surface area contributed by atoms with Gasteiger partial charge in [-0.2, -0.15) is 4.98 Å². The fourth-order valence-electron chi connectivity index (χ4n) is 2.40. The minimum Gasteiger partial charge on any atom is -0.497 e. The molecule has 1 heterocycles. The molecular formula is C18H16FN5O3. The van der Waals surface area contributed by atoms with Crippen molar-refractivity contribution in [1.29, 1.82) is 0 Å². The summed E-state index contributed by atoms with van der Waals surface area (Å²) in [6.45, 7) is 1.52. The third kappa shape index (κ3) is 4.27. The Hall–Kier alpha value is -3.75. The number of benzene rings is 2. The molecule has 0 aliphatic rings. The van der Waals surface area contributed by atoms with Crippen LogP contribution in [0.1, 0.15) is 5.69 Å². The zero-order valence-corrected chi connectivity index (χ0v) is 14.6. The summed E-state index contributed by atoms with van der Waals surface area (Å²) in [5, 5.41) is 17.3. The van der Waals surface area contributed by atoms with Gasteiger partial charge in [0.1, 0.15) is 17.3 Å². The fraction of sp³-hybridized carbons (Fsp3) is 0.111. The quantitative estimate of drug-likeness (QED) is 0.492. The number of hydrogen-bond donors (Lipinski definition) is 2. The van der Waals surface area contributed by atoms with Gasteiger partial charge in [0.25, 0.3) is 0 Å². The number of nitrogens with zero attached hydrogens (tertiary/aromatic N) is 3. The fourth-order valence-corrected chi connectivity index (χ4v) is 2.40. The molecule has 0 amide bonds. The second kappa shape index (κ2) is 7.65. The van der Waals surface area contributed by atoms with Crippen molar-refractivity contribution in [3.05, 3.63) is 70.2 Å². The molecular weight excluding hydrogens is 353 g/mol. The van der Waals surface area contributed by atoms with E-state index in [-0.39, 0.29) is 29.0 Å². The number of halogens is 1. The number of aromatic nitrogens is 2. The molecule has 1 aromatic heterocycles. The first-order valence-corrected chi connectivity index (χ1v) is 7.93. The largest absolute Gasteiger partial charge is 0.497 e. The van der Waals surface area contributed by atoms with Gasteiger partial charge in [0, 0.05) is 11.4 Å². The van der Waals surface area contributed by atoms with Crippen molar-refractivity contribution in [2.45, 2.75) is 6.92 Å². The van der Waals surface area contributed by atoms with Gasteiger partial charge in [-0.25, -0.2) is 9.37 Å². The van der Waals surface area contributed by atoms with E-state index in [0.29, 0.717) is 17.1 Å². The zero-order chi connectivity index (χ0) is 19.4. The summed E-state index contributed by atoms with van der Waals surface area (Å²) in [5.74, 6) is 0.485. The lowest BCUT2D eigenvalue weighted by molar-refractivity contribution is -0.385. The lowest BCUT2D eigenvalue weighted by Crippen LogP contribution is -2.07. The van der Waals surface area contributed by atoms with Gasteiger partial charge in [-0.1, -0.05) is 0 Å². The highest BCUT2D eigenvalue weighted by Crippen LogP contribution is 2.30. The summed E-state index contributed by atoms with van der Waals surface area (Å²) in [5.41, 5.74) is 1.12. The molecule has 8 nitrogen and oxygen atoms in total. The Balaban J connectivity index is 1.95. The number of methoxy groups -OCH3 is 1. The predicted molar refractivity (Wildman–Crippen MR) is 99.4 cm³/mol. The van der Waals surface area contributed by atoms with Crippen LogP contribution in [0.15, 0.2) is 48.5 Å². The molecule has 9 heteroatoms. The third-order valence-corrected chi connectivity index (χ3v) is 3.69. The number of nitrogens with one attached hydrogen (secondary N) is 2. The van der Waals surface area contributed by atoms with Crippen LogP contribution in [-0.2, 0) is 0 Å². The molecule has 0 fully saturated rings. The van der Waals surface area contributed by atoms with Crippen LogP contribution in [0.3, 0.4) is 0 Å². The number of hydrogen-bond acceptors (Lipinski definition) is 7. The Bertz CT molecular complexity index is 962. The van der Waals surface area contributed by atoms with E-state index in [0.717, 1.165) is 0 Å². The number of aryl methyl sites for hydroxylation is 1. The summed E-state index contributed by atoms with van der Waals surface area (Å²) in [4.78, 5) is 19.2. The molecule has 0 aliphatic heterocycles. The lowest BCUT2D eigenvalue weighted by atomic mass is 10.3. The highest BCUT2D eigenvalue weighted by molar-refractivity contribution is 5.69. The smallest absolute Gasteiger partial charge is 0.332 e. The van der Waals surface area contributed by atoms with Gasteiger partial charge < -0.3 is 15.4 Å². The average Bonchev–Trinajstić information content (AvgIpc) is 2.63. The minimum absolute atomic E-state index is 0.0438. The van der Waals surface area contributed by atoms with Crippen LogP contribution in [0.25, 0.3) is 0 Å². The molecule has 27 heavy (non-hydrogen) atoms. The maximum atomic E-state index is 13.0. The Morgan fingerprint density at radius 1 is 1.00 bits per heavy atom. The Morgan fingerprint density at radius 2 is 1.59 bits per heavy atom. The first kappa shape index (κ1) is 18.1. The second-order valence-corrected chi connectivity index (χ2v) is 5.57. The monoisotopic (exact) mass is 369 g/mol. The van der Waals surface area contributed by atoms with Crippen molar-refractivity contribution in [2.24, 2.45) is 0 Å². The molecule has 2 N–H and O–H groups in total. The molecule has 0 bridgehead atoms. The average molecular weight is 369 g/mol. The van der Waals surface area contributed by atoms with Crippen molar-refractivity contribution >= 4 is 28.8 Å². The molecule has 0 saturated heterocycles. The maximum Gasteiger partial charge on any atom is 0.332 e. The van der Waals surface area contributed by atoms with E-state index in [4.69, 9.17) is 4.74 Å². The van der Waals surface area contributed by atoms with E-state index in [1.807, 2.05) is 0 Å². The molecule has 2 aromatic carbocycles. The second-order valence-electron chi connectivity index (χ2n) is 5.57. The van der Waals surface area contributed by atoms with Crippen LogP contribution in [0.4, 0.5) is 33.2 Å². The van der Waals surface area contributed by atoms with Gasteiger partial charge in [-0.05, 0) is 55.5 Å². The van der Waals surface area contributed by atoms with Gasteiger partial charge in [-0.15, -0.1) is 0 Å². The summed E-state index contributed by atoms with van der Waals surface area (Å²) in [7, 11) is 1.55. The molecule has 0 atom stereocenters. The minimum atomic E-state index is -0.539.